The molecule has 1 aromatic heterocycles. The van der Waals surface area contributed by atoms with Gasteiger partial charge in [-0.25, -0.2) is 0 Å². The quantitative estimate of drug-likeness (QED) is 0.850. The number of nitrogens with two attached hydrogens (primary N) is 1. The number of ether oxygens (including phenoxy) is 3. The van der Waals surface area contributed by atoms with Crippen molar-refractivity contribution in [2.45, 2.75) is 12.3 Å². The fourth-order valence-corrected chi connectivity index (χ4v) is 2.57. The van der Waals surface area contributed by atoms with E-state index in [1.165, 1.54) is 5.56 Å². The van der Waals surface area contributed by atoms with Gasteiger partial charge in [-0.05, 0) is 36.7 Å². The molecule has 0 saturated heterocycles. The molecule has 0 aliphatic rings. The van der Waals surface area contributed by atoms with Crippen molar-refractivity contribution in [2.75, 3.05) is 27.9 Å². The molecule has 0 aliphatic carbocycles. The number of pyridine rings is 1. The number of benzene rings is 1. The lowest BCUT2D eigenvalue weighted by atomic mass is 9.91. The van der Waals surface area contributed by atoms with Crippen LogP contribution in [-0.4, -0.2) is 32.9 Å². The van der Waals surface area contributed by atoms with E-state index in [2.05, 4.69) is 4.98 Å². The molecule has 118 valence electrons. The summed E-state index contributed by atoms with van der Waals surface area (Å²) in [5, 5.41) is 0. The third-order valence-electron chi connectivity index (χ3n) is 3.69. The average Bonchev–Trinajstić information content (AvgIpc) is 2.59. The molecule has 0 radical (unpaired) electrons. The van der Waals surface area contributed by atoms with E-state index < -0.39 is 0 Å². The van der Waals surface area contributed by atoms with Crippen LogP contribution in [0.15, 0.2) is 36.7 Å². The Hall–Kier alpha value is -2.27. The number of hydrogen-bond donors (Lipinski definition) is 1. The number of methoxy groups -OCH3 is 3. The van der Waals surface area contributed by atoms with Crippen molar-refractivity contribution < 1.29 is 14.2 Å². The molecule has 1 atom stereocenters. The van der Waals surface area contributed by atoms with E-state index in [1.807, 2.05) is 24.3 Å². The van der Waals surface area contributed by atoms with Crippen LogP contribution < -0.4 is 19.9 Å². The molecule has 2 N–H and O–H groups in total. The van der Waals surface area contributed by atoms with Crippen LogP contribution in [0.1, 0.15) is 17.0 Å². The van der Waals surface area contributed by atoms with Crippen LogP contribution >= 0.6 is 0 Å². The maximum atomic E-state index is 6.00. The van der Waals surface area contributed by atoms with Gasteiger partial charge in [-0.2, -0.15) is 0 Å². The standard InChI is InChI=1S/C17H22N2O3/c1-20-15-5-4-14(16(21-2)17(15)22-3)13(11-18)10-12-6-8-19-9-7-12/h4-9,13H,10-11,18H2,1-3H3. The normalized spacial score (nSPS) is 11.8. The lowest BCUT2D eigenvalue weighted by molar-refractivity contribution is 0.320. The molecule has 0 amide bonds. The Kier molecular flexibility index (Phi) is 5.61. The van der Waals surface area contributed by atoms with Gasteiger partial charge in [-0.3, -0.25) is 4.98 Å². The summed E-state index contributed by atoms with van der Waals surface area (Å²) in [5.74, 6) is 2.03. The van der Waals surface area contributed by atoms with Gasteiger partial charge in [-0.1, -0.05) is 6.07 Å². The fraction of sp³-hybridized carbons (Fsp3) is 0.353. The Balaban J connectivity index is 2.40. The second kappa shape index (κ2) is 7.66. The summed E-state index contributed by atoms with van der Waals surface area (Å²) in [7, 11) is 4.83. The van der Waals surface area contributed by atoms with E-state index in [4.69, 9.17) is 19.9 Å². The van der Waals surface area contributed by atoms with Crippen molar-refractivity contribution in [2.24, 2.45) is 5.73 Å². The first-order valence-electron chi connectivity index (χ1n) is 7.13. The van der Waals surface area contributed by atoms with E-state index in [9.17, 15) is 0 Å². The van der Waals surface area contributed by atoms with Crippen LogP contribution in [0.4, 0.5) is 0 Å². The smallest absolute Gasteiger partial charge is 0.203 e. The number of aromatic nitrogens is 1. The second-order valence-corrected chi connectivity index (χ2v) is 4.92. The van der Waals surface area contributed by atoms with Crippen molar-refractivity contribution in [3.8, 4) is 17.2 Å². The van der Waals surface area contributed by atoms with Crippen LogP contribution in [0.5, 0.6) is 17.2 Å². The zero-order valence-electron chi connectivity index (χ0n) is 13.2. The molecule has 0 aliphatic heterocycles. The van der Waals surface area contributed by atoms with Crippen molar-refractivity contribution in [1.29, 1.82) is 0 Å². The molecule has 5 heteroatoms. The van der Waals surface area contributed by atoms with Crippen LogP contribution in [-0.2, 0) is 6.42 Å². The molecular formula is C17H22N2O3. The second-order valence-electron chi connectivity index (χ2n) is 4.92. The highest BCUT2D eigenvalue weighted by atomic mass is 16.5. The Morgan fingerprint density at radius 3 is 2.18 bits per heavy atom. The maximum Gasteiger partial charge on any atom is 0.203 e. The minimum atomic E-state index is 0.122. The molecule has 2 rings (SSSR count). The van der Waals surface area contributed by atoms with Gasteiger partial charge >= 0.3 is 0 Å². The van der Waals surface area contributed by atoms with Crippen LogP contribution in [0, 0.1) is 0 Å². The van der Waals surface area contributed by atoms with Crippen LogP contribution in [0.25, 0.3) is 0 Å². The molecule has 0 bridgehead atoms. The first-order chi connectivity index (χ1) is 10.7. The van der Waals surface area contributed by atoms with E-state index in [-0.39, 0.29) is 5.92 Å². The Bertz CT molecular complexity index is 602. The summed E-state index contributed by atoms with van der Waals surface area (Å²) < 4.78 is 16.3. The minimum absolute atomic E-state index is 0.122. The first-order valence-corrected chi connectivity index (χ1v) is 7.13. The van der Waals surface area contributed by atoms with Gasteiger partial charge in [0.1, 0.15) is 0 Å². The van der Waals surface area contributed by atoms with Gasteiger partial charge < -0.3 is 19.9 Å². The SMILES string of the molecule is COc1ccc(C(CN)Cc2ccncc2)c(OC)c1OC. The Morgan fingerprint density at radius 2 is 1.64 bits per heavy atom. The lowest BCUT2D eigenvalue weighted by Crippen LogP contribution is -2.16. The van der Waals surface area contributed by atoms with Crippen LogP contribution in [0.2, 0.25) is 0 Å². The van der Waals surface area contributed by atoms with Gasteiger partial charge in [-0.15, -0.1) is 0 Å². The minimum Gasteiger partial charge on any atom is -0.493 e. The topological polar surface area (TPSA) is 66.6 Å². The number of rotatable bonds is 7. The number of nitrogens with zero attached hydrogens (tertiary/aromatic N) is 1. The number of hydrogen-bond acceptors (Lipinski definition) is 5. The van der Waals surface area contributed by atoms with Gasteiger partial charge in [0.25, 0.3) is 0 Å². The summed E-state index contributed by atoms with van der Waals surface area (Å²) in [6, 6.07) is 7.86. The van der Waals surface area contributed by atoms with Gasteiger partial charge in [0.2, 0.25) is 5.75 Å². The largest absolute Gasteiger partial charge is 0.493 e. The zero-order chi connectivity index (χ0) is 15.9. The molecule has 0 fully saturated rings. The average molecular weight is 302 g/mol. The highest BCUT2D eigenvalue weighted by molar-refractivity contribution is 5.57. The van der Waals surface area contributed by atoms with Crippen molar-refractivity contribution in [3.63, 3.8) is 0 Å². The first kappa shape index (κ1) is 16.1. The third-order valence-corrected chi connectivity index (χ3v) is 3.69. The highest BCUT2D eigenvalue weighted by Crippen LogP contribution is 2.42. The predicted molar refractivity (Wildman–Crippen MR) is 85.8 cm³/mol. The summed E-state index contributed by atoms with van der Waals surface area (Å²) in [4.78, 5) is 4.04. The molecular weight excluding hydrogens is 280 g/mol. The monoisotopic (exact) mass is 302 g/mol. The van der Waals surface area contributed by atoms with E-state index >= 15 is 0 Å². The summed E-state index contributed by atoms with van der Waals surface area (Å²) in [6.45, 7) is 0.508. The van der Waals surface area contributed by atoms with E-state index in [0.717, 1.165) is 12.0 Å². The lowest BCUT2D eigenvalue weighted by Gasteiger charge is -2.21. The van der Waals surface area contributed by atoms with Gasteiger partial charge in [0.05, 0.1) is 21.3 Å². The summed E-state index contributed by atoms with van der Waals surface area (Å²) in [5.41, 5.74) is 8.19. The molecule has 22 heavy (non-hydrogen) atoms. The van der Waals surface area contributed by atoms with Gasteiger partial charge in [0.15, 0.2) is 11.5 Å². The molecule has 0 saturated carbocycles. The fourth-order valence-electron chi connectivity index (χ4n) is 2.57. The molecule has 1 heterocycles. The molecule has 5 nitrogen and oxygen atoms in total. The summed E-state index contributed by atoms with van der Waals surface area (Å²) in [6.07, 6.45) is 4.38. The summed E-state index contributed by atoms with van der Waals surface area (Å²) >= 11 is 0. The van der Waals surface area contributed by atoms with Crippen molar-refractivity contribution in [1.82, 2.24) is 4.98 Å². The van der Waals surface area contributed by atoms with Gasteiger partial charge in [0, 0.05) is 23.9 Å². The molecule has 2 aromatic rings. The Morgan fingerprint density at radius 1 is 0.955 bits per heavy atom. The zero-order valence-corrected chi connectivity index (χ0v) is 13.2. The third kappa shape index (κ3) is 3.31. The Labute approximate surface area is 131 Å². The van der Waals surface area contributed by atoms with E-state index in [1.54, 1.807) is 33.7 Å². The molecule has 1 unspecified atom stereocenters. The molecule has 0 spiro atoms. The van der Waals surface area contributed by atoms with Crippen LogP contribution in [0.3, 0.4) is 0 Å². The predicted octanol–water partition coefficient (Wildman–Crippen LogP) is 2.39. The van der Waals surface area contributed by atoms with E-state index in [0.29, 0.717) is 23.8 Å². The maximum absolute atomic E-state index is 6.00. The van der Waals surface area contributed by atoms with Crippen molar-refractivity contribution in [3.05, 3.63) is 47.8 Å². The molecule has 1 aromatic carbocycles. The highest BCUT2D eigenvalue weighted by Gasteiger charge is 2.21. The van der Waals surface area contributed by atoms with Crippen molar-refractivity contribution >= 4 is 0 Å².